The van der Waals surface area contributed by atoms with Crippen molar-refractivity contribution in [3.05, 3.63) is 53.6 Å². The second kappa shape index (κ2) is 8.42. The van der Waals surface area contributed by atoms with Crippen LogP contribution in [0.25, 0.3) is 11.3 Å². The molecule has 0 atom stereocenters. The SMILES string of the molecule is N#CN1CCc2nc(N3CCC(Oc4ccc(F)cc4F)CC3)c(-c3cn[nH]c3)nc2C1. The number of hydrogen-bond acceptors (Lipinski definition) is 7. The molecule has 0 amide bonds. The molecule has 0 unspecified atom stereocenters. The summed E-state index contributed by atoms with van der Waals surface area (Å²) < 4.78 is 32.9. The maximum Gasteiger partial charge on any atom is 0.179 e. The molecule has 1 fully saturated rings. The first-order chi connectivity index (χ1) is 15.6. The van der Waals surface area contributed by atoms with Crippen LogP contribution in [-0.2, 0) is 13.0 Å². The Labute approximate surface area is 183 Å². The number of rotatable bonds is 4. The maximum atomic E-state index is 13.9. The van der Waals surface area contributed by atoms with Crippen LogP contribution < -0.4 is 9.64 Å². The number of piperidine rings is 1. The molecule has 1 saturated heterocycles. The number of H-pyrrole nitrogens is 1. The second-order valence-corrected chi connectivity index (χ2v) is 7.93. The average Bonchev–Trinajstić information content (AvgIpc) is 3.35. The molecule has 0 bridgehead atoms. The van der Waals surface area contributed by atoms with E-state index >= 15 is 0 Å². The third kappa shape index (κ3) is 3.93. The number of nitriles is 1. The standard InChI is InChI=1S/C22H21F2N7O/c23-15-1-2-20(17(24)9-15)32-16-3-7-31(8-4-16)22-21(14-10-26-27-11-14)28-19-12-30(13-25)6-5-18(19)29-22/h1-2,9-11,16H,3-8,12H2,(H,26,27). The van der Waals surface area contributed by atoms with E-state index in [4.69, 9.17) is 14.7 Å². The average molecular weight is 437 g/mol. The molecule has 32 heavy (non-hydrogen) atoms. The van der Waals surface area contributed by atoms with E-state index in [1.54, 1.807) is 17.3 Å². The van der Waals surface area contributed by atoms with Crippen LogP contribution in [-0.4, -0.2) is 50.8 Å². The van der Waals surface area contributed by atoms with E-state index in [9.17, 15) is 14.0 Å². The van der Waals surface area contributed by atoms with E-state index in [2.05, 4.69) is 21.3 Å². The Bertz CT molecular complexity index is 1150. The minimum Gasteiger partial charge on any atom is -0.487 e. The normalized spacial score (nSPS) is 16.5. The van der Waals surface area contributed by atoms with Gasteiger partial charge in [0.2, 0.25) is 0 Å². The molecule has 3 aromatic rings. The highest BCUT2D eigenvalue weighted by atomic mass is 19.1. The fourth-order valence-electron chi connectivity index (χ4n) is 4.14. The van der Waals surface area contributed by atoms with Crippen molar-refractivity contribution in [2.75, 3.05) is 24.5 Å². The highest BCUT2D eigenvalue weighted by Crippen LogP contribution is 2.32. The Balaban J connectivity index is 1.36. The Morgan fingerprint density at radius 2 is 1.97 bits per heavy atom. The van der Waals surface area contributed by atoms with Crippen LogP contribution in [0.3, 0.4) is 0 Å². The Hall–Kier alpha value is -3.74. The summed E-state index contributed by atoms with van der Waals surface area (Å²) in [6.07, 6.45) is 7.50. The van der Waals surface area contributed by atoms with Crippen molar-refractivity contribution in [1.82, 2.24) is 25.1 Å². The van der Waals surface area contributed by atoms with Gasteiger partial charge in [-0.25, -0.2) is 18.7 Å². The quantitative estimate of drug-likeness (QED) is 0.627. The third-order valence-corrected chi connectivity index (χ3v) is 5.83. The summed E-state index contributed by atoms with van der Waals surface area (Å²) in [5, 5.41) is 16.1. The molecule has 164 valence electrons. The number of benzene rings is 1. The lowest BCUT2D eigenvalue weighted by atomic mass is 10.1. The van der Waals surface area contributed by atoms with E-state index < -0.39 is 11.6 Å². The summed E-state index contributed by atoms with van der Waals surface area (Å²) >= 11 is 0. The Morgan fingerprint density at radius 1 is 1.12 bits per heavy atom. The lowest BCUT2D eigenvalue weighted by molar-refractivity contribution is 0.163. The van der Waals surface area contributed by atoms with Gasteiger partial charge < -0.3 is 14.5 Å². The van der Waals surface area contributed by atoms with E-state index in [-0.39, 0.29) is 11.9 Å². The lowest BCUT2D eigenvalue weighted by Crippen LogP contribution is -2.39. The highest BCUT2D eigenvalue weighted by molar-refractivity contribution is 5.71. The van der Waals surface area contributed by atoms with Gasteiger partial charge in [-0.05, 0) is 12.1 Å². The van der Waals surface area contributed by atoms with Crippen molar-refractivity contribution in [3.8, 4) is 23.2 Å². The summed E-state index contributed by atoms with van der Waals surface area (Å²) in [6, 6.07) is 3.35. The fraction of sp³-hybridized carbons (Fsp3) is 0.364. The monoisotopic (exact) mass is 437 g/mol. The molecule has 0 radical (unpaired) electrons. The van der Waals surface area contributed by atoms with Gasteiger partial charge in [0.15, 0.2) is 23.6 Å². The number of aromatic amines is 1. The van der Waals surface area contributed by atoms with Crippen LogP contribution in [0.5, 0.6) is 5.75 Å². The summed E-state index contributed by atoms with van der Waals surface area (Å²) in [5.41, 5.74) is 3.27. The van der Waals surface area contributed by atoms with Crippen LogP contribution in [0.2, 0.25) is 0 Å². The number of fused-ring (bicyclic) bond motifs is 1. The highest BCUT2D eigenvalue weighted by Gasteiger charge is 2.28. The van der Waals surface area contributed by atoms with Gasteiger partial charge in [-0.2, -0.15) is 10.4 Å². The molecule has 0 aliphatic carbocycles. The number of nitrogens with one attached hydrogen (secondary N) is 1. The predicted octanol–water partition coefficient (Wildman–Crippen LogP) is 3.03. The van der Waals surface area contributed by atoms with Crippen LogP contribution >= 0.6 is 0 Å². The third-order valence-electron chi connectivity index (χ3n) is 5.83. The number of ether oxygens (including phenoxy) is 1. The van der Waals surface area contributed by atoms with Gasteiger partial charge in [0.25, 0.3) is 0 Å². The van der Waals surface area contributed by atoms with Crippen LogP contribution in [0.1, 0.15) is 24.2 Å². The number of hydrogen-bond donors (Lipinski definition) is 1. The van der Waals surface area contributed by atoms with Gasteiger partial charge in [-0.15, -0.1) is 0 Å². The predicted molar refractivity (Wildman–Crippen MR) is 112 cm³/mol. The molecular formula is C22H21F2N7O. The molecule has 2 aliphatic heterocycles. The van der Waals surface area contributed by atoms with Crippen molar-refractivity contribution in [2.45, 2.75) is 31.9 Å². The van der Waals surface area contributed by atoms with E-state index in [0.29, 0.717) is 45.4 Å². The number of aromatic nitrogens is 4. The molecule has 2 aromatic heterocycles. The van der Waals surface area contributed by atoms with Crippen LogP contribution in [0.4, 0.5) is 14.6 Å². The number of nitrogens with zero attached hydrogens (tertiary/aromatic N) is 6. The Morgan fingerprint density at radius 3 is 2.69 bits per heavy atom. The minimum absolute atomic E-state index is 0.0690. The summed E-state index contributed by atoms with van der Waals surface area (Å²) in [7, 11) is 0. The lowest BCUT2D eigenvalue weighted by Gasteiger charge is -2.34. The van der Waals surface area contributed by atoms with E-state index in [1.165, 1.54) is 12.1 Å². The molecule has 2 aliphatic rings. The van der Waals surface area contributed by atoms with Crippen molar-refractivity contribution in [1.29, 1.82) is 5.26 Å². The van der Waals surface area contributed by atoms with Gasteiger partial charge in [0, 0.05) is 56.7 Å². The van der Waals surface area contributed by atoms with Crippen LogP contribution in [0, 0.1) is 23.1 Å². The summed E-state index contributed by atoms with van der Waals surface area (Å²) in [6.45, 7) is 2.40. The van der Waals surface area contributed by atoms with Gasteiger partial charge in [-0.3, -0.25) is 5.10 Å². The van der Waals surface area contributed by atoms with Gasteiger partial charge >= 0.3 is 0 Å². The minimum atomic E-state index is -0.693. The largest absolute Gasteiger partial charge is 0.487 e. The van der Waals surface area contributed by atoms with Crippen LogP contribution in [0.15, 0.2) is 30.6 Å². The van der Waals surface area contributed by atoms with E-state index in [1.807, 2.05) is 0 Å². The zero-order valence-electron chi connectivity index (χ0n) is 17.3. The van der Waals surface area contributed by atoms with E-state index in [0.717, 1.165) is 34.5 Å². The zero-order chi connectivity index (χ0) is 22.1. The molecule has 1 N–H and O–H groups in total. The van der Waals surface area contributed by atoms with Gasteiger partial charge in [-0.1, -0.05) is 0 Å². The zero-order valence-corrected chi connectivity index (χ0v) is 17.3. The number of halogens is 2. The second-order valence-electron chi connectivity index (χ2n) is 7.93. The molecule has 10 heteroatoms. The summed E-state index contributed by atoms with van der Waals surface area (Å²) in [4.78, 5) is 13.6. The van der Waals surface area contributed by atoms with Gasteiger partial charge in [0.1, 0.15) is 17.6 Å². The van der Waals surface area contributed by atoms with Crippen molar-refractivity contribution >= 4 is 5.82 Å². The van der Waals surface area contributed by atoms with Gasteiger partial charge in [0.05, 0.1) is 24.1 Å². The molecule has 1 aromatic carbocycles. The molecule has 0 spiro atoms. The summed E-state index contributed by atoms with van der Waals surface area (Å²) in [5.74, 6) is -0.469. The molecule has 5 rings (SSSR count). The first kappa shape index (κ1) is 20.2. The topological polar surface area (TPSA) is 94.0 Å². The molecular weight excluding hydrogens is 416 g/mol. The molecule has 0 saturated carbocycles. The van der Waals surface area contributed by atoms with Crippen molar-refractivity contribution < 1.29 is 13.5 Å². The van der Waals surface area contributed by atoms with Crippen molar-refractivity contribution in [3.63, 3.8) is 0 Å². The van der Waals surface area contributed by atoms with Crippen molar-refractivity contribution in [2.24, 2.45) is 0 Å². The first-order valence-electron chi connectivity index (χ1n) is 10.5. The molecule has 4 heterocycles. The smallest absolute Gasteiger partial charge is 0.179 e. The Kier molecular flexibility index (Phi) is 5.31. The fourth-order valence-corrected chi connectivity index (χ4v) is 4.14. The first-order valence-corrected chi connectivity index (χ1v) is 10.5. The molecule has 8 nitrogen and oxygen atoms in total. The number of anilines is 1. The maximum absolute atomic E-state index is 13.9.